The third kappa shape index (κ3) is 4.05. The van der Waals surface area contributed by atoms with E-state index in [0.29, 0.717) is 5.69 Å². The minimum absolute atomic E-state index is 0.215. The minimum atomic E-state index is -4.36. The monoisotopic (exact) mass is 378 g/mol. The van der Waals surface area contributed by atoms with Crippen molar-refractivity contribution in [2.24, 2.45) is 0 Å². The van der Waals surface area contributed by atoms with Gasteiger partial charge in [-0.3, -0.25) is 4.98 Å². The highest BCUT2D eigenvalue weighted by Gasteiger charge is 2.31. The highest BCUT2D eigenvalue weighted by molar-refractivity contribution is 9.10. The average Bonchev–Trinajstić information content (AvgIpc) is 2.85. The van der Waals surface area contributed by atoms with E-state index in [4.69, 9.17) is 0 Å². The van der Waals surface area contributed by atoms with Gasteiger partial charge in [-0.1, -0.05) is 6.92 Å². The van der Waals surface area contributed by atoms with Crippen molar-refractivity contribution in [3.8, 4) is 0 Å². The van der Waals surface area contributed by atoms with Crippen molar-refractivity contribution >= 4 is 27.3 Å². The zero-order valence-electron chi connectivity index (χ0n) is 11.2. The molecular weight excluding hydrogens is 365 g/mol. The maximum atomic E-state index is 12.6. The largest absolute Gasteiger partial charge is 0.417 e. The minimum Gasteiger partial charge on any atom is -0.305 e. The van der Waals surface area contributed by atoms with Crippen LogP contribution in [0.2, 0.25) is 0 Å². The Kier molecular flexibility index (Phi) is 5.40. The number of pyridine rings is 1. The molecule has 0 aromatic carbocycles. The molecule has 7 heteroatoms. The van der Waals surface area contributed by atoms with Crippen LogP contribution in [0.4, 0.5) is 13.2 Å². The summed E-state index contributed by atoms with van der Waals surface area (Å²) < 4.78 is 38.7. The van der Waals surface area contributed by atoms with E-state index in [-0.39, 0.29) is 6.04 Å². The Morgan fingerprint density at radius 3 is 2.57 bits per heavy atom. The van der Waals surface area contributed by atoms with Gasteiger partial charge in [0.2, 0.25) is 0 Å². The lowest BCUT2D eigenvalue weighted by atomic mass is 10.1. The van der Waals surface area contributed by atoms with Gasteiger partial charge in [0, 0.05) is 16.0 Å². The summed E-state index contributed by atoms with van der Waals surface area (Å²) in [4.78, 5) is 4.00. The van der Waals surface area contributed by atoms with Gasteiger partial charge >= 0.3 is 6.18 Å². The van der Waals surface area contributed by atoms with Crippen molar-refractivity contribution in [3.05, 3.63) is 50.4 Å². The molecule has 0 aliphatic heterocycles. The van der Waals surface area contributed by atoms with E-state index in [1.807, 2.05) is 17.7 Å². The standard InChI is InChI=1S/C14H14BrF3N2S/c1-2-5-19-13(10-7-21-8-11(10)15)12-4-3-9(6-20-12)14(16,17)18/h3-4,6-8,13,19H,2,5H2,1H3. The fraction of sp³-hybridized carbons (Fsp3) is 0.357. The highest BCUT2D eigenvalue weighted by Crippen LogP contribution is 2.33. The van der Waals surface area contributed by atoms with Crippen LogP contribution in [0.15, 0.2) is 33.6 Å². The van der Waals surface area contributed by atoms with Gasteiger partial charge in [0.25, 0.3) is 0 Å². The molecule has 0 aliphatic rings. The van der Waals surface area contributed by atoms with Crippen LogP contribution in [0.25, 0.3) is 0 Å². The molecule has 1 N–H and O–H groups in total. The first-order valence-corrected chi connectivity index (χ1v) is 8.15. The molecule has 0 radical (unpaired) electrons. The number of rotatable bonds is 5. The molecule has 0 bridgehead atoms. The number of thiophene rings is 1. The zero-order valence-corrected chi connectivity index (χ0v) is 13.6. The smallest absolute Gasteiger partial charge is 0.305 e. The number of aromatic nitrogens is 1. The SMILES string of the molecule is CCCNC(c1ccc(C(F)(F)F)cn1)c1cscc1Br. The number of hydrogen-bond acceptors (Lipinski definition) is 3. The first-order valence-electron chi connectivity index (χ1n) is 6.41. The molecule has 0 aliphatic carbocycles. The second kappa shape index (κ2) is 6.89. The second-order valence-corrected chi connectivity index (χ2v) is 6.13. The maximum Gasteiger partial charge on any atom is 0.417 e. The lowest BCUT2D eigenvalue weighted by molar-refractivity contribution is -0.137. The van der Waals surface area contributed by atoms with Crippen LogP contribution < -0.4 is 5.32 Å². The van der Waals surface area contributed by atoms with Crippen LogP contribution in [0, 0.1) is 0 Å². The topological polar surface area (TPSA) is 24.9 Å². The maximum absolute atomic E-state index is 12.6. The van der Waals surface area contributed by atoms with Crippen LogP contribution in [-0.4, -0.2) is 11.5 Å². The normalized spacial score (nSPS) is 13.4. The molecule has 2 heterocycles. The van der Waals surface area contributed by atoms with Gasteiger partial charge in [-0.15, -0.1) is 0 Å². The van der Waals surface area contributed by atoms with Crippen LogP contribution in [0.1, 0.15) is 36.2 Å². The molecule has 21 heavy (non-hydrogen) atoms. The van der Waals surface area contributed by atoms with E-state index < -0.39 is 11.7 Å². The summed E-state index contributed by atoms with van der Waals surface area (Å²) in [5, 5.41) is 7.23. The van der Waals surface area contributed by atoms with E-state index in [2.05, 4.69) is 26.2 Å². The Morgan fingerprint density at radius 2 is 2.10 bits per heavy atom. The van der Waals surface area contributed by atoms with E-state index in [1.165, 1.54) is 17.4 Å². The van der Waals surface area contributed by atoms with E-state index in [0.717, 1.165) is 35.3 Å². The van der Waals surface area contributed by atoms with Crippen molar-refractivity contribution in [1.82, 2.24) is 10.3 Å². The summed E-state index contributed by atoms with van der Waals surface area (Å²) in [6.07, 6.45) is -2.55. The van der Waals surface area contributed by atoms with Gasteiger partial charge in [0.15, 0.2) is 0 Å². The Balaban J connectivity index is 2.31. The van der Waals surface area contributed by atoms with Gasteiger partial charge in [-0.05, 0) is 52.0 Å². The summed E-state index contributed by atoms with van der Waals surface area (Å²) >= 11 is 5.00. The predicted octanol–water partition coefficient (Wildman–Crippen LogP) is 5.01. The van der Waals surface area contributed by atoms with Crippen molar-refractivity contribution in [2.75, 3.05) is 6.54 Å². The fourth-order valence-corrected chi connectivity index (χ4v) is 3.46. The highest BCUT2D eigenvalue weighted by atomic mass is 79.9. The molecule has 0 saturated heterocycles. The summed E-state index contributed by atoms with van der Waals surface area (Å²) in [7, 11) is 0. The predicted molar refractivity (Wildman–Crippen MR) is 81.4 cm³/mol. The lowest BCUT2D eigenvalue weighted by Gasteiger charge is -2.18. The van der Waals surface area contributed by atoms with Crippen molar-refractivity contribution in [1.29, 1.82) is 0 Å². The van der Waals surface area contributed by atoms with Crippen LogP contribution >= 0.6 is 27.3 Å². The van der Waals surface area contributed by atoms with Crippen LogP contribution in [-0.2, 0) is 6.18 Å². The Bertz CT molecular complexity index is 581. The number of nitrogens with zero attached hydrogens (tertiary/aromatic N) is 1. The molecule has 2 aromatic rings. The van der Waals surface area contributed by atoms with Crippen LogP contribution in [0.3, 0.4) is 0 Å². The summed E-state index contributed by atoms with van der Waals surface area (Å²) in [6, 6.07) is 2.29. The zero-order chi connectivity index (χ0) is 15.5. The molecule has 0 saturated carbocycles. The summed E-state index contributed by atoms with van der Waals surface area (Å²) in [5.74, 6) is 0. The van der Waals surface area contributed by atoms with Crippen LogP contribution in [0.5, 0.6) is 0 Å². The summed E-state index contributed by atoms with van der Waals surface area (Å²) in [5.41, 5.74) is 0.834. The van der Waals surface area contributed by atoms with Gasteiger partial charge in [0.05, 0.1) is 17.3 Å². The molecule has 0 fully saturated rings. The number of nitrogens with one attached hydrogen (secondary N) is 1. The van der Waals surface area contributed by atoms with Crippen molar-refractivity contribution in [2.45, 2.75) is 25.6 Å². The molecule has 2 aromatic heterocycles. The fourth-order valence-electron chi connectivity index (χ4n) is 1.90. The first kappa shape index (κ1) is 16.5. The van der Waals surface area contributed by atoms with Gasteiger partial charge in [0.1, 0.15) is 0 Å². The molecule has 0 spiro atoms. The second-order valence-electron chi connectivity index (χ2n) is 4.53. The van der Waals surface area contributed by atoms with Gasteiger partial charge < -0.3 is 5.32 Å². The molecule has 1 atom stereocenters. The van der Waals surface area contributed by atoms with E-state index >= 15 is 0 Å². The van der Waals surface area contributed by atoms with E-state index in [1.54, 1.807) is 0 Å². The van der Waals surface area contributed by atoms with E-state index in [9.17, 15) is 13.2 Å². The Morgan fingerprint density at radius 1 is 1.33 bits per heavy atom. The Hall–Kier alpha value is -0.920. The third-order valence-corrected chi connectivity index (χ3v) is 4.71. The van der Waals surface area contributed by atoms with Crippen molar-refractivity contribution < 1.29 is 13.2 Å². The van der Waals surface area contributed by atoms with Crippen molar-refractivity contribution in [3.63, 3.8) is 0 Å². The third-order valence-electron chi connectivity index (χ3n) is 2.96. The lowest BCUT2D eigenvalue weighted by Crippen LogP contribution is -2.24. The molecule has 0 amide bonds. The Labute approximate surface area is 133 Å². The molecule has 1 unspecified atom stereocenters. The number of halogens is 4. The molecule has 2 rings (SSSR count). The first-order chi connectivity index (χ1) is 9.93. The van der Waals surface area contributed by atoms with Gasteiger partial charge in [-0.25, -0.2) is 0 Å². The molecular formula is C14H14BrF3N2S. The van der Waals surface area contributed by atoms with Gasteiger partial charge in [-0.2, -0.15) is 24.5 Å². The molecule has 114 valence electrons. The summed E-state index contributed by atoms with van der Waals surface area (Å²) in [6.45, 7) is 2.79. The molecule has 2 nitrogen and oxygen atoms in total. The number of alkyl halides is 3. The average molecular weight is 379 g/mol. The number of hydrogen-bond donors (Lipinski definition) is 1. The quantitative estimate of drug-likeness (QED) is 0.790.